The molecule has 0 aromatic rings. The van der Waals surface area contributed by atoms with Crippen LogP contribution in [0.4, 0.5) is 0 Å². The van der Waals surface area contributed by atoms with Gasteiger partial charge in [-0.1, -0.05) is 0 Å². The molecule has 0 aromatic carbocycles. The Balaban J connectivity index is 1.71. The van der Waals surface area contributed by atoms with Crippen LogP contribution in [-0.2, 0) is 14.4 Å². The Labute approximate surface area is 134 Å². The Hall–Kier alpha value is -1.63. The molecule has 7 nitrogen and oxygen atoms in total. The molecule has 0 radical (unpaired) electrons. The second-order valence-corrected chi connectivity index (χ2v) is 7.51. The lowest BCUT2D eigenvalue weighted by molar-refractivity contribution is -0.167. The number of rotatable bonds is 6. The van der Waals surface area contributed by atoms with Gasteiger partial charge in [0.15, 0.2) is 0 Å². The number of nitrogens with one attached hydrogen (secondary N) is 1. The summed E-state index contributed by atoms with van der Waals surface area (Å²) in [7, 11) is 0. The maximum Gasteiger partial charge on any atom is 0.330 e. The molecule has 0 spiro atoms. The number of carboxylic acids is 2. The molecule has 4 saturated carbocycles. The van der Waals surface area contributed by atoms with Gasteiger partial charge < -0.3 is 21.3 Å². The zero-order valence-corrected chi connectivity index (χ0v) is 13.0. The molecule has 0 aliphatic heterocycles. The third-order valence-corrected chi connectivity index (χ3v) is 6.13. The average Bonchev–Trinajstić information content (AvgIpc) is 2.47. The highest BCUT2D eigenvalue weighted by atomic mass is 16.4. The molecule has 5 N–H and O–H groups in total. The zero-order valence-electron chi connectivity index (χ0n) is 13.0. The molecule has 4 aliphatic carbocycles. The van der Waals surface area contributed by atoms with E-state index in [4.69, 9.17) is 10.8 Å². The lowest BCUT2D eigenvalue weighted by atomic mass is 9.48. The van der Waals surface area contributed by atoms with E-state index in [-0.39, 0.29) is 24.7 Å². The summed E-state index contributed by atoms with van der Waals surface area (Å²) in [6, 6.07) is -1.10. The van der Waals surface area contributed by atoms with Crippen LogP contribution in [0.3, 0.4) is 0 Å². The van der Waals surface area contributed by atoms with Crippen molar-refractivity contribution in [3.8, 4) is 0 Å². The van der Waals surface area contributed by atoms with Crippen molar-refractivity contribution in [3.05, 3.63) is 0 Å². The topological polar surface area (TPSA) is 130 Å². The molecule has 4 fully saturated rings. The Kier molecular flexibility index (Phi) is 4.08. The summed E-state index contributed by atoms with van der Waals surface area (Å²) in [5, 5.41) is 21.4. The highest BCUT2D eigenvalue weighted by Gasteiger charge is 2.62. The number of hydrogen-bond donors (Lipinski definition) is 4. The second kappa shape index (κ2) is 5.78. The van der Waals surface area contributed by atoms with Crippen LogP contribution >= 0.6 is 0 Å². The number of nitrogens with two attached hydrogens (primary N) is 1. The van der Waals surface area contributed by atoms with Crippen LogP contribution in [0.2, 0.25) is 0 Å². The van der Waals surface area contributed by atoms with Gasteiger partial charge >= 0.3 is 11.9 Å². The van der Waals surface area contributed by atoms with Gasteiger partial charge in [0, 0.05) is 6.42 Å². The quantitative estimate of drug-likeness (QED) is 0.565. The fourth-order valence-corrected chi connectivity index (χ4v) is 5.24. The van der Waals surface area contributed by atoms with Crippen molar-refractivity contribution < 1.29 is 24.6 Å². The molecule has 1 atom stereocenters. The normalized spacial score (nSPS) is 39.0. The van der Waals surface area contributed by atoms with E-state index in [1.165, 1.54) is 6.42 Å². The van der Waals surface area contributed by atoms with Crippen molar-refractivity contribution in [2.24, 2.45) is 29.4 Å². The monoisotopic (exact) mass is 324 g/mol. The summed E-state index contributed by atoms with van der Waals surface area (Å²) >= 11 is 0. The van der Waals surface area contributed by atoms with Gasteiger partial charge in [-0.05, 0) is 62.2 Å². The lowest BCUT2D eigenvalue weighted by Crippen LogP contribution is -2.70. The molecule has 4 bridgehead atoms. The van der Waals surface area contributed by atoms with Crippen LogP contribution in [0.25, 0.3) is 0 Å². The minimum atomic E-state index is -1.17. The maximum absolute atomic E-state index is 12.2. The molecule has 23 heavy (non-hydrogen) atoms. The van der Waals surface area contributed by atoms with Gasteiger partial charge in [-0.3, -0.25) is 9.59 Å². The van der Waals surface area contributed by atoms with Gasteiger partial charge in [-0.25, -0.2) is 4.79 Å². The SMILES string of the molecule is NC(CCC(=O)NC1(C(=O)O)C2CC3CC(C2)CC1C3)C(=O)O. The first-order valence-electron chi connectivity index (χ1n) is 8.35. The van der Waals surface area contributed by atoms with Crippen molar-refractivity contribution in [1.82, 2.24) is 5.32 Å². The third kappa shape index (κ3) is 2.71. The van der Waals surface area contributed by atoms with E-state index < -0.39 is 29.4 Å². The van der Waals surface area contributed by atoms with Gasteiger partial charge in [0.25, 0.3) is 0 Å². The third-order valence-electron chi connectivity index (χ3n) is 6.13. The lowest BCUT2D eigenvalue weighted by Gasteiger charge is -2.59. The highest BCUT2D eigenvalue weighted by Crippen LogP contribution is 2.58. The molecule has 4 rings (SSSR count). The van der Waals surface area contributed by atoms with Crippen LogP contribution in [0.15, 0.2) is 0 Å². The van der Waals surface area contributed by atoms with Crippen molar-refractivity contribution in [3.63, 3.8) is 0 Å². The summed E-state index contributed by atoms with van der Waals surface area (Å²) in [5.41, 5.74) is 4.24. The van der Waals surface area contributed by atoms with E-state index >= 15 is 0 Å². The largest absolute Gasteiger partial charge is 0.480 e. The number of aliphatic carboxylic acids is 2. The summed E-state index contributed by atoms with van der Waals surface area (Å²) < 4.78 is 0. The van der Waals surface area contributed by atoms with Crippen molar-refractivity contribution in [2.45, 2.75) is 56.5 Å². The van der Waals surface area contributed by atoms with Crippen molar-refractivity contribution in [2.75, 3.05) is 0 Å². The van der Waals surface area contributed by atoms with Crippen molar-refractivity contribution in [1.29, 1.82) is 0 Å². The molecular weight excluding hydrogens is 300 g/mol. The maximum atomic E-state index is 12.2. The molecule has 1 unspecified atom stereocenters. The summed E-state index contributed by atoms with van der Waals surface area (Å²) in [6.07, 6.45) is 4.63. The molecular formula is C16H24N2O5. The van der Waals surface area contributed by atoms with Gasteiger partial charge in [0.1, 0.15) is 11.6 Å². The highest BCUT2D eigenvalue weighted by molar-refractivity contribution is 5.88. The standard InChI is InChI=1S/C16H24N2O5/c17-12(14(20)21)1-2-13(19)18-16(15(22)23)10-4-8-3-9(6-10)7-11(16)5-8/h8-12H,1-7,17H2,(H,18,19)(H,20,21)(H,22,23). The number of carboxylic acid groups (broad SMARTS) is 2. The van der Waals surface area contributed by atoms with Crippen molar-refractivity contribution >= 4 is 17.8 Å². The molecule has 7 heteroatoms. The second-order valence-electron chi connectivity index (χ2n) is 7.51. The summed E-state index contributed by atoms with van der Waals surface area (Å²) in [6.45, 7) is 0. The Bertz CT molecular complexity index is 505. The molecule has 4 aliphatic rings. The summed E-state index contributed by atoms with van der Waals surface area (Å²) in [4.78, 5) is 35.0. The first-order chi connectivity index (χ1) is 10.8. The van der Waals surface area contributed by atoms with Crippen LogP contribution in [0, 0.1) is 23.7 Å². The van der Waals surface area contributed by atoms with Gasteiger partial charge in [0.05, 0.1) is 0 Å². The zero-order chi connectivity index (χ0) is 16.8. The minimum absolute atomic E-state index is 0.00616. The first kappa shape index (κ1) is 16.2. The molecule has 1 amide bonds. The van der Waals surface area contributed by atoms with E-state index in [9.17, 15) is 19.5 Å². The number of carbonyl (C=O) groups is 3. The van der Waals surface area contributed by atoms with Crippen LogP contribution < -0.4 is 11.1 Å². The van der Waals surface area contributed by atoms with E-state index in [1.807, 2.05) is 0 Å². The Morgan fingerprint density at radius 3 is 2.00 bits per heavy atom. The minimum Gasteiger partial charge on any atom is -0.480 e. The number of amides is 1. The van der Waals surface area contributed by atoms with E-state index in [0.29, 0.717) is 11.8 Å². The summed E-state index contributed by atoms with van der Waals surface area (Å²) in [5.74, 6) is -1.31. The van der Waals surface area contributed by atoms with E-state index in [0.717, 1.165) is 25.7 Å². The average molecular weight is 324 g/mol. The van der Waals surface area contributed by atoms with Gasteiger partial charge in [-0.2, -0.15) is 0 Å². The molecule has 0 aromatic heterocycles. The smallest absolute Gasteiger partial charge is 0.330 e. The van der Waals surface area contributed by atoms with Crippen LogP contribution in [0.5, 0.6) is 0 Å². The Morgan fingerprint density at radius 1 is 1.04 bits per heavy atom. The van der Waals surface area contributed by atoms with Crippen LogP contribution in [-0.4, -0.2) is 39.6 Å². The fourth-order valence-electron chi connectivity index (χ4n) is 5.24. The molecule has 0 saturated heterocycles. The molecule has 128 valence electrons. The van der Waals surface area contributed by atoms with E-state index in [1.54, 1.807) is 0 Å². The van der Waals surface area contributed by atoms with Gasteiger partial charge in [-0.15, -0.1) is 0 Å². The first-order valence-corrected chi connectivity index (χ1v) is 8.35. The predicted molar refractivity (Wildman–Crippen MR) is 80.4 cm³/mol. The fraction of sp³-hybridized carbons (Fsp3) is 0.812. The predicted octanol–water partition coefficient (Wildman–Crippen LogP) is 0.574. The number of hydrogen-bond acceptors (Lipinski definition) is 4. The van der Waals surface area contributed by atoms with E-state index in [2.05, 4.69) is 5.32 Å². The van der Waals surface area contributed by atoms with Gasteiger partial charge in [0.2, 0.25) is 5.91 Å². The van der Waals surface area contributed by atoms with Crippen LogP contribution in [0.1, 0.15) is 44.9 Å². The Morgan fingerprint density at radius 2 is 1.57 bits per heavy atom. The molecule has 0 heterocycles. The number of carbonyl (C=O) groups excluding carboxylic acids is 1.